The summed E-state index contributed by atoms with van der Waals surface area (Å²) in [7, 11) is 1.83. The van der Waals surface area contributed by atoms with Crippen molar-refractivity contribution in [2.24, 2.45) is 13.0 Å². The molecule has 7 nitrogen and oxygen atoms in total. The molecule has 20 heavy (non-hydrogen) atoms. The lowest BCUT2D eigenvalue weighted by molar-refractivity contribution is -0.140. The van der Waals surface area contributed by atoms with Gasteiger partial charge < -0.3 is 15.7 Å². The Morgan fingerprint density at radius 2 is 2.20 bits per heavy atom. The molecule has 2 atom stereocenters. The van der Waals surface area contributed by atoms with E-state index >= 15 is 0 Å². The number of carboxylic acids is 1. The van der Waals surface area contributed by atoms with E-state index in [9.17, 15) is 9.59 Å². The highest BCUT2D eigenvalue weighted by Gasteiger charge is 2.24. The lowest BCUT2D eigenvalue weighted by Gasteiger charge is -2.20. The van der Waals surface area contributed by atoms with Crippen molar-refractivity contribution in [1.29, 1.82) is 0 Å². The van der Waals surface area contributed by atoms with E-state index in [1.54, 1.807) is 11.6 Å². The van der Waals surface area contributed by atoms with E-state index in [4.69, 9.17) is 5.11 Å². The van der Waals surface area contributed by atoms with E-state index in [1.165, 1.54) is 0 Å². The second kappa shape index (κ2) is 7.52. The second-order valence-electron chi connectivity index (χ2n) is 4.83. The third-order valence-electron chi connectivity index (χ3n) is 3.20. The van der Waals surface area contributed by atoms with Crippen LogP contribution < -0.4 is 10.6 Å². The molecule has 7 heteroatoms. The van der Waals surface area contributed by atoms with Crippen molar-refractivity contribution >= 4 is 12.0 Å². The first kappa shape index (κ1) is 16.0. The molecule has 2 amide bonds. The number of aliphatic carboxylic acids is 1. The molecule has 0 saturated carbocycles. The smallest absolute Gasteiger partial charge is 0.326 e. The predicted molar refractivity (Wildman–Crippen MR) is 74.3 cm³/mol. The maximum atomic E-state index is 11.7. The van der Waals surface area contributed by atoms with Crippen LogP contribution in [0.15, 0.2) is 12.3 Å². The van der Waals surface area contributed by atoms with Crippen molar-refractivity contribution in [2.45, 2.75) is 32.7 Å². The summed E-state index contributed by atoms with van der Waals surface area (Å²) in [5.74, 6) is -1.13. The van der Waals surface area contributed by atoms with E-state index < -0.39 is 18.0 Å². The highest BCUT2D eigenvalue weighted by atomic mass is 16.4. The van der Waals surface area contributed by atoms with Crippen LogP contribution in [-0.4, -0.2) is 39.5 Å². The number of aromatic nitrogens is 2. The fourth-order valence-corrected chi connectivity index (χ4v) is 1.78. The van der Waals surface area contributed by atoms with Crippen molar-refractivity contribution in [3.63, 3.8) is 0 Å². The van der Waals surface area contributed by atoms with Crippen LogP contribution in [0, 0.1) is 5.92 Å². The van der Waals surface area contributed by atoms with Crippen molar-refractivity contribution in [1.82, 2.24) is 20.4 Å². The summed E-state index contributed by atoms with van der Waals surface area (Å²) in [5, 5.41) is 18.4. The van der Waals surface area contributed by atoms with Gasteiger partial charge in [-0.25, -0.2) is 9.59 Å². The maximum absolute atomic E-state index is 11.7. The van der Waals surface area contributed by atoms with Gasteiger partial charge in [0.15, 0.2) is 0 Å². The molecule has 3 N–H and O–H groups in total. The fraction of sp³-hybridized carbons (Fsp3) is 0.615. The number of amides is 2. The van der Waals surface area contributed by atoms with Crippen molar-refractivity contribution < 1.29 is 14.7 Å². The van der Waals surface area contributed by atoms with E-state index in [2.05, 4.69) is 15.7 Å². The first-order valence-electron chi connectivity index (χ1n) is 6.69. The van der Waals surface area contributed by atoms with Crippen LogP contribution in [0.25, 0.3) is 0 Å². The van der Waals surface area contributed by atoms with Gasteiger partial charge in [0.1, 0.15) is 6.04 Å². The molecule has 2 unspecified atom stereocenters. The van der Waals surface area contributed by atoms with E-state index in [1.807, 2.05) is 26.2 Å². The minimum Gasteiger partial charge on any atom is -0.480 e. The van der Waals surface area contributed by atoms with Gasteiger partial charge in [-0.2, -0.15) is 5.10 Å². The van der Waals surface area contributed by atoms with Crippen molar-refractivity contribution in [2.75, 3.05) is 6.54 Å². The summed E-state index contributed by atoms with van der Waals surface area (Å²) in [6.45, 7) is 4.10. The molecule has 1 heterocycles. The lowest BCUT2D eigenvalue weighted by Crippen LogP contribution is -2.49. The van der Waals surface area contributed by atoms with Crippen LogP contribution in [0.5, 0.6) is 0 Å². The molecule has 0 radical (unpaired) electrons. The van der Waals surface area contributed by atoms with Gasteiger partial charge in [-0.1, -0.05) is 20.3 Å². The Morgan fingerprint density at radius 1 is 1.50 bits per heavy atom. The number of carboxylic acid groups (broad SMARTS) is 1. The van der Waals surface area contributed by atoms with E-state index in [0.717, 1.165) is 5.69 Å². The van der Waals surface area contributed by atoms with Crippen molar-refractivity contribution in [3.8, 4) is 0 Å². The molecule has 0 aliphatic carbocycles. The Hall–Kier alpha value is -2.05. The van der Waals surface area contributed by atoms with Gasteiger partial charge >= 0.3 is 12.0 Å². The number of rotatable bonds is 7. The van der Waals surface area contributed by atoms with Crippen LogP contribution in [0.2, 0.25) is 0 Å². The van der Waals surface area contributed by atoms with Gasteiger partial charge in [0.05, 0.1) is 5.69 Å². The van der Waals surface area contributed by atoms with Gasteiger partial charge in [-0.05, 0) is 12.0 Å². The predicted octanol–water partition coefficient (Wildman–Crippen LogP) is 0.761. The van der Waals surface area contributed by atoms with Crippen molar-refractivity contribution in [3.05, 3.63) is 18.0 Å². The molecule has 1 aromatic rings. The number of urea groups is 1. The third-order valence-corrected chi connectivity index (χ3v) is 3.20. The van der Waals surface area contributed by atoms with Gasteiger partial charge in [-0.3, -0.25) is 4.68 Å². The van der Waals surface area contributed by atoms with Gasteiger partial charge in [0.2, 0.25) is 0 Å². The number of aryl methyl sites for hydroxylation is 1. The number of hydrogen-bond acceptors (Lipinski definition) is 3. The summed E-state index contributed by atoms with van der Waals surface area (Å²) in [4.78, 5) is 22.7. The number of nitrogens with zero attached hydrogens (tertiary/aromatic N) is 2. The Bertz CT molecular complexity index is 458. The molecule has 0 saturated heterocycles. The third kappa shape index (κ3) is 4.91. The molecular weight excluding hydrogens is 260 g/mol. The molecule has 1 aromatic heterocycles. The Morgan fingerprint density at radius 3 is 2.70 bits per heavy atom. The second-order valence-corrected chi connectivity index (χ2v) is 4.83. The normalized spacial score (nSPS) is 13.6. The van der Waals surface area contributed by atoms with Crippen LogP contribution in [0.1, 0.15) is 26.0 Å². The average molecular weight is 282 g/mol. The van der Waals surface area contributed by atoms with Gasteiger partial charge in [0, 0.05) is 26.2 Å². The zero-order valence-electron chi connectivity index (χ0n) is 12.1. The summed E-state index contributed by atoms with van der Waals surface area (Å²) < 4.78 is 1.69. The molecule has 0 aliphatic heterocycles. The van der Waals surface area contributed by atoms with E-state index in [0.29, 0.717) is 19.4 Å². The minimum atomic E-state index is -1.01. The Kier molecular flexibility index (Phi) is 6.02. The minimum absolute atomic E-state index is 0.117. The number of carbonyl (C=O) groups is 2. The zero-order valence-corrected chi connectivity index (χ0v) is 12.1. The number of carbonyl (C=O) groups excluding carboxylic acids is 1. The molecule has 112 valence electrons. The standard InChI is InChI=1S/C13H22N4O3/c1-4-9(2)11(12(18)19)15-13(20)14-7-5-10-6-8-17(3)16-10/h6,8-9,11H,4-5,7H2,1-3H3,(H,18,19)(H2,14,15,20). The topological polar surface area (TPSA) is 96.3 Å². The first-order valence-corrected chi connectivity index (χ1v) is 6.69. The summed E-state index contributed by atoms with van der Waals surface area (Å²) in [5.41, 5.74) is 0.879. The SMILES string of the molecule is CCC(C)C(NC(=O)NCCc1ccn(C)n1)C(=O)O. The van der Waals surface area contributed by atoms with Crippen LogP contribution >= 0.6 is 0 Å². The lowest BCUT2D eigenvalue weighted by atomic mass is 9.99. The summed E-state index contributed by atoms with van der Waals surface area (Å²) >= 11 is 0. The highest BCUT2D eigenvalue weighted by molar-refractivity contribution is 5.82. The largest absolute Gasteiger partial charge is 0.480 e. The quantitative estimate of drug-likeness (QED) is 0.688. The van der Waals surface area contributed by atoms with Gasteiger partial charge in [0.25, 0.3) is 0 Å². The number of nitrogens with one attached hydrogen (secondary N) is 2. The molecule has 0 bridgehead atoms. The molecular formula is C13H22N4O3. The molecule has 0 spiro atoms. The van der Waals surface area contributed by atoms with Gasteiger partial charge in [-0.15, -0.1) is 0 Å². The summed E-state index contributed by atoms with van der Waals surface area (Å²) in [6.07, 6.45) is 3.12. The highest BCUT2D eigenvalue weighted by Crippen LogP contribution is 2.07. The average Bonchev–Trinajstić information content (AvgIpc) is 2.80. The molecule has 1 rings (SSSR count). The Labute approximate surface area is 118 Å². The van der Waals surface area contributed by atoms with Crippen LogP contribution in [0.3, 0.4) is 0 Å². The maximum Gasteiger partial charge on any atom is 0.326 e. The number of hydrogen-bond donors (Lipinski definition) is 3. The fourth-order valence-electron chi connectivity index (χ4n) is 1.78. The van der Waals surface area contributed by atoms with E-state index in [-0.39, 0.29) is 5.92 Å². The molecule has 0 aromatic carbocycles. The first-order chi connectivity index (χ1) is 9.43. The molecule has 0 fully saturated rings. The zero-order chi connectivity index (χ0) is 15.1. The van der Waals surface area contributed by atoms with Crippen LogP contribution in [0.4, 0.5) is 4.79 Å². The van der Waals surface area contributed by atoms with Crippen LogP contribution in [-0.2, 0) is 18.3 Å². The summed E-state index contributed by atoms with van der Waals surface area (Å²) in [6, 6.07) is 0.544. The monoisotopic (exact) mass is 282 g/mol. The molecule has 0 aliphatic rings. The Balaban J connectivity index is 2.36.